The predicted molar refractivity (Wildman–Crippen MR) is 136 cm³/mol. The van der Waals surface area contributed by atoms with Gasteiger partial charge in [-0.2, -0.15) is 0 Å². The number of hydrogen-bond donors (Lipinski definition) is 0. The lowest BCUT2D eigenvalue weighted by Gasteiger charge is -2.35. The Morgan fingerprint density at radius 2 is 1.70 bits per heavy atom. The molecular formula is C29H29ClN2O. The van der Waals surface area contributed by atoms with Crippen molar-refractivity contribution < 1.29 is 4.79 Å². The molecule has 0 saturated heterocycles. The van der Waals surface area contributed by atoms with E-state index in [2.05, 4.69) is 52.1 Å². The highest BCUT2D eigenvalue weighted by molar-refractivity contribution is 6.30. The fourth-order valence-electron chi connectivity index (χ4n) is 5.08. The topological polar surface area (TPSA) is 25.2 Å². The van der Waals surface area contributed by atoms with E-state index in [1.807, 2.05) is 42.5 Å². The van der Waals surface area contributed by atoms with Crippen LogP contribution in [0.5, 0.6) is 0 Å². The lowest BCUT2D eigenvalue weighted by atomic mass is 9.93. The van der Waals surface area contributed by atoms with E-state index >= 15 is 0 Å². The van der Waals surface area contributed by atoms with Crippen molar-refractivity contribution in [2.75, 3.05) is 0 Å². The summed E-state index contributed by atoms with van der Waals surface area (Å²) in [5.41, 5.74) is 3.10. The van der Waals surface area contributed by atoms with Crippen molar-refractivity contribution >= 4 is 28.3 Å². The van der Waals surface area contributed by atoms with Crippen LogP contribution in [-0.2, 0) is 13.1 Å². The van der Waals surface area contributed by atoms with Gasteiger partial charge in [-0.1, -0.05) is 79.4 Å². The van der Waals surface area contributed by atoms with Crippen LogP contribution in [0.3, 0.4) is 0 Å². The number of hydrogen-bond acceptors (Lipinski definition) is 1. The summed E-state index contributed by atoms with van der Waals surface area (Å²) >= 11 is 6.21. The van der Waals surface area contributed by atoms with E-state index in [-0.39, 0.29) is 11.9 Å². The second kappa shape index (κ2) is 9.84. The van der Waals surface area contributed by atoms with Crippen molar-refractivity contribution in [3.63, 3.8) is 0 Å². The van der Waals surface area contributed by atoms with Crippen molar-refractivity contribution in [1.29, 1.82) is 0 Å². The largest absolute Gasteiger partial charge is 0.345 e. The first-order valence-corrected chi connectivity index (χ1v) is 12.2. The van der Waals surface area contributed by atoms with E-state index in [9.17, 15) is 4.79 Å². The molecule has 1 aliphatic carbocycles. The number of amides is 1. The summed E-state index contributed by atoms with van der Waals surface area (Å²) in [4.78, 5) is 16.1. The molecule has 168 valence electrons. The number of halogens is 1. The Hall–Kier alpha value is -3.04. The highest BCUT2D eigenvalue weighted by Gasteiger charge is 2.28. The maximum absolute atomic E-state index is 14.0. The van der Waals surface area contributed by atoms with Crippen molar-refractivity contribution in [1.82, 2.24) is 9.47 Å². The molecule has 33 heavy (non-hydrogen) atoms. The molecule has 1 fully saturated rings. The summed E-state index contributed by atoms with van der Waals surface area (Å²) in [6.45, 7) is 1.35. The van der Waals surface area contributed by atoms with Gasteiger partial charge in [0.15, 0.2) is 0 Å². The molecular weight excluding hydrogens is 428 g/mol. The molecule has 0 N–H and O–H groups in total. The minimum atomic E-state index is 0.134. The van der Waals surface area contributed by atoms with Gasteiger partial charge in [0.25, 0.3) is 5.91 Å². The van der Waals surface area contributed by atoms with Crippen molar-refractivity contribution in [2.24, 2.45) is 0 Å². The number of benzene rings is 3. The number of aromatic nitrogens is 1. The van der Waals surface area contributed by atoms with Gasteiger partial charge in [0.2, 0.25) is 0 Å². The second-order valence-electron chi connectivity index (χ2n) is 9.01. The summed E-state index contributed by atoms with van der Waals surface area (Å²) in [5, 5.41) is 2.88. The van der Waals surface area contributed by atoms with Gasteiger partial charge < -0.3 is 9.47 Å². The van der Waals surface area contributed by atoms with Crippen LogP contribution in [0.25, 0.3) is 10.8 Å². The first kappa shape index (κ1) is 21.8. The van der Waals surface area contributed by atoms with Gasteiger partial charge in [0.1, 0.15) is 0 Å². The monoisotopic (exact) mass is 456 g/mol. The third-order valence-electron chi connectivity index (χ3n) is 6.79. The maximum Gasteiger partial charge on any atom is 0.255 e. The molecule has 0 spiro atoms. The van der Waals surface area contributed by atoms with Gasteiger partial charge in [-0.15, -0.1) is 0 Å². The Morgan fingerprint density at radius 3 is 2.55 bits per heavy atom. The molecule has 4 heteroatoms. The highest BCUT2D eigenvalue weighted by Crippen LogP contribution is 2.28. The molecule has 1 heterocycles. The number of carbonyl (C=O) groups excluding carboxylic acids is 1. The zero-order valence-corrected chi connectivity index (χ0v) is 19.5. The van der Waals surface area contributed by atoms with E-state index in [1.165, 1.54) is 19.3 Å². The van der Waals surface area contributed by atoms with Crippen LogP contribution in [0, 0.1) is 0 Å². The van der Waals surface area contributed by atoms with Gasteiger partial charge in [-0.3, -0.25) is 4.79 Å². The Bertz CT molecular complexity index is 1250. The first-order chi connectivity index (χ1) is 16.2. The SMILES string of the molecule is O=C(c1cccc2ccccc12)N(Cc1cccn1Cc1cccc(Cl)c1)C1CCCCC1. The fourth-order valence-corrected chi connectivity index (χ4v) is 5.29. The van der Waals surface area contributed by atoms with Crippen molar-refractivity contribution in [3.05, 3.63) is 107 Å². The molecule has 0 unspecified atom stereocenters. The minimum Gasteiger partial charge on any atom is -0.345 e. The normalized spacial score (nSPS) is 14.5. The van der Waals surface area contributed by atoms with Crippen LogP contribution in [0.4, 0.5) is 0 Å². The summed E-state index contributed by atoms with van der Waals surface area (Å²) in [5.74, 6) is 0.134. The van der Waals surface area contributed by atoms with Crippen LogP contribution in [0.2, 0.25) is 5.02 Å². The highest BCUT2D eigenvalue weighted by atomic mass is 35.5. The van der Waals surface area contributed by atoms with Gasteiger partial charge in [0.05, 0.1) is 6.54 Å². The fraction of sp³-hybridized carbons (Fsp3) is 0.276. The molecule has 1 aromatic heterocycles. The average Bonchev–Trinajstić information content (AvgIpc) is 3.28. The summed E-state index contributed by atoms with van der Waals surface area (Å²) in [7, 11) is 0. The second-order valence-corrected chi connectivity index (χ2v) is 9.45. The lowest BCUT2D eigenvalue weighted by Crippen LogP contribution is -2.41. The van der Waals surface area contributed by atoms with E-state index < -0.39 is 0 Å². The third kappa shape index (κ3) is 4.84. The molecule has 4 aromatic rings. The van der Waals surface area contributed by atoms with Gasteiger partial charge in [-0.25, -0.2) is 0 Å². The van der Waals surface area contributed by atoms with Crippen molar-refractivity contribution in [2.45, 2.75) is 51.2 Å². The predicted octanol–water partition coefficient (Wildman–Crippen LogP) is 7.32. The summed E-state index contributed by atoms with van der Waals surface area (Å²) in [6, 6.07) is 26.7. The van der Waals surface area contributed by atoms with Gasteiger partial charge >= 0.3 is 0 Å². The Labute approximate surface area is 200 Å². The lowest BCUT2D eigenvalue weighted by molar-refractivity contribution is 0.0611. The Morgan fingerprint density at radius 1 is 0.909 bits per heavy atom. The molecule has 3 nitrogen and oxygen atoms in total. The number of rotatable bonds is 6. The number of fused-ring (bicyclic) bond motifs is 1. The van der Waals surface area contributed by atoms with Gasteiger partial charge in [-0.05, 0) is 59.5 Å². The zero-order valence-electron chi connectivity index (χ0n) is 18.8. The molecule has 0 aliphatic heterocycles. The Balaban J connectivity index is 1.47. The standard InChI is InChI=1S/C29H29ClN2O/c30-24-12-6-9-22(19-24)20-31-18-8-15-26(31)21-32(25-13-2-1-3-14-25)29(33)28-17-7-11-23-10-4-5-16-27(23)28/h4-12,15-19,25H,1-3,13-14,20-21H2. The van der Waals surface area contributed by atoms with E-state index in [4.69, 9.17) is 11.6 Å². The van der Waals surface area contributed by atoms with Crippen LogP contribution < -0.4 is 0 Å². The van der Waals surface area contributed by atoms with E-state index in [1.54, 1.807) is 0 Å². The van der Waals surface area contributed by atoms with Crippen LogP contribution >= 0.6 is 11.6 Å². The molecule has 0 radical (unpaired) electrons. The molecule has 0 atom stereocenters. The summed E-state index contributed by atoms with van der Waals surface area (Å²) < 4.78 is 2.23. The van der Waals surface area contributed by atoms with Crippen LogP contribution in [-0.4, -0.2) is 21.4 Å². The molecule has 1 amide bonds. The molecule has 0 bridgehead atoms. The quantitative estimate of drug-likeness (QED) is 0.298. The first-order valence-electron chi connectivity index (χ1n) is 11.9. The van der Waals surface area contributed by atoms with E-state index in [0.29, 0.717) is 6.54 Å². The van der Waals surface area contributed by atoms with Gasteiger partial charge in [0, 0.05) is 35.1 Å². The third-order valence-corrected chi connectivity index (χ3v) is 7.03. The van der Waals surface area contributed by atoms with Crippen LogP contribution in [0.1, 0.15) is 53.7 Å². The van der Waals surface area contributed by atoms with E-state index in [0.717, 1.165) is 52.0 Å². The Kier molecular flexibility index (Phi) is 6.50. The summed E-state index contributed by atoms with van der Waals surface area (Å²) in [6.07, 6.45) is 7.88. The number of carbonyl (C=O) groups is 1. The minimum absolute atomic E-state index is 0.134. The number of nitrogens with zero attached hydrogens (tertiary/aromatic N) is 2. The molecule has 1 saturated carbocycles. The maximum atomic E-state index is 14.0. The molecule has 3 aromatic carbocycles. The molecule has 1 aliphatic rings. The van der Waals surface area contributed by atoms with Crippen LogP contribution in [0.15, 0.2) is 85.1 Å². The average molecular weight is 457 g/mol. The smallest absolute Gasteiger partial charge is 0.255 e. The molecule has 5 rings (SSSR count). The van der Waals surface area contributed by atoms with Crippen molar-refractivity contribution in [3.8, 4) is 0 Å². The zero-order chi connectivity index (χ0) is 22.6.